The Hall–Kier alpha value is -1.65. The van der Waals surface area contributed by atoms with Gasteiger partial charge in [-0.15, -0.1) is 0 Å². The lowest BCUT2D eigenvalue weighted by Gasteiger charge is -2.25. The predicted molar refractivity (Wildman–Crippen MR) is 61.3 cm³/mol. The summed E-state index contributed by atoms with van der Waals surface area (Å²) < 4.78 is 0. The number of aromatic nitrogens is 2. The van der Waals surface area contributed by atoms with Gasteiger partial charge in [-0.2, -0.15) is 0 Å². The smallest absolute Gasteiger partial charge is 0.329 e. The normalized spacial score (nSPS) is 14.2. The van der Waals surface area contributed by atoms with Crippen LogP contribution in [0.5, 0.6) is 0 Å². The number of carboxylic acid groups (broad SMARTS) is 1. The van der Waals surface area contributed by atoms with Crippen LogP contribution >= 0.6 is 0 Å². The summed E-state index contributed by atoms with van der Waals surface area (Å²) in [4.78, 5) is 19.3. The summed E-state index contributed by atoms with van der Waals surface area (Å²) in [5.74, 6) is -0.530. The molecule has 1 unspecified atom stereocenters. The standard InChI is InChI=1S/C11H17N3O2/c1-4-6-11(3,9(15)16)14-10-12-7-5-8(2)13-10/h5,7H,4,6H2,1-3H3,(H,15,16)(H,12,13,14). The minimum Gasteiger partial charge on any atom is -0.480 e. The summed E-state index contributed by atoms with van der Waals surface area (Å²) in [6.45, 7) is 5.43. The molecule has 0 aliphatic heterocycles. The van der Waals surface area contributed by atoms with Crippen LogP contribution in [0.1, 0.15) is 32.4 Å². The van der Waals surface area contributed by atoms with Crippen molar-refractivity contribution in [3.63, 3.8) is 0 Å². The average molecular weight is 223 g/mol. The maximum Gasteiger partial charge on any atom is 0.329 e. The summed E-state index contributed by atoms with van der Waals surface area (Å²) in [5.41, 5.74) is -0.204. The fraction of sp³-hybridized carbons (Fsp3) is 0.545. The molecule has 2 N–H and O–H groups in total. The van der Waals surface area contributed by atoms with E-state index < -0.39 is 11.5 Å². The first-order valence-corrected chi connectivity index (χ1v) is 5.29. The van der Waals surface area contributed by atoms with E-state index in [1.165, 1.54) is 0 Å². The van der Waals surface area contributed by atoms with Crippen molar-refractivity contribution in [1.82, 2.24) is 9.97 Å². The lowest BCUT2D eigenvalue weighted by molar-refractivity contribution is -0.142. The molecule has 1 aromatic heterocycles. The van der Waals surface area contributed by atoms with Crippen molar-refractivity contribution in [3.8, 4) is 0 Å². The zero-order valence-corrected chi connectivity index (χ0v) is 9.82. The Morgan fingerprint density at radius 3 is 2.81 bits per heavy atom. The van der Waals surface area contributed by atoms with Gasteiger partial charge in [-0.1, -0.05) is 13.3 Å². The van der Waals surface area contributed by atoms with E-state index in [-0.39, 0.29) is 0 Å². The highest BCUT2D eigenvalue weighted by Gasteiger charge is 2.32. The van der Waals surface area contributed by atoms with Crippen LogP contribution in [0.3, 0.4) is 0 Å². The molecule has 16 heavy (non-hydrogen) atoms. The molecule has 0 saturated carbocycles. The molecule has 1 aromatic rings. The molecule has 0 aliphatic rings. The molecule has 0 aromatic carbocycles. The molecule has 1 atom stereocenters. The minimum atomic E-state index is -1.01. The fourth-order valence-corrected chi connectivity index (χ4v) is 1.48. The monoisotopic (exact) mass is 223 g/mol. The second kappa shape index (κ2) is 4.92. The molecule has 0 bridgehead atoms. The van der Waals surface area contributed by atoms with Crippen LogP contribution in [-0.4, -0.2) is 26.6 Å². The van der Waals surface area contributed by atoms with Crippen LogP contribution in [0.4, 0.5) is 5.95 Å². The Morgan fingerprint density at radius 1 is 1.62 bits per heavy atom. The lowest BCUT2D eigenvalue weighted by atomic mass is 9.97. The van der Waals surface area contributed by atoms with Gasteiger partial charge >= 0.3 is 5.97 Å². The number of nitrogens with zero attached hydrogens (tertiary/aromatic N) is 2. The van der Waals surface area contributed by atoms with Crippen molar-refractivity contribution in [3.05, 3.63) is 18.0 Å². The van der Waals surface area contributed by atoms with Crippen LogP contribution < -0.4 is 5.32 Å². The molecule has 0 aliphatic carbocycles. The topological polar surface area (TPSA) is 75.1 Å². The van der Waals surface area contributed by atoms with Crippen molar-refractivity contribution in [2.45, 2.75) is 39.2 Å². The van der Waals surface area contributed by atoms with Gasteiger partial charge in [0.15, 0.2) is 0 Å². The van der Waals surface area contributed by atoms with Gasteiger partial charge in [-0.25, -0.2) is 14.8 Å². The van der Waals surface area contributed by atoms with E-state index in [2.05, 4.69) is 15.3 Å². The van der Waals surface area contributed by atoms with Gasteiger partial charge in [-0.3, -0.25) is 0 Å². The molecule has 0 saturated heterocycles. The predicted octanol–water partition coefficient (Wildman–Crippen LogP) is 1.84. The van der Waals surface area contributed by atoms with Crippen molar-refractivity contribution in [1.29, 1.82) is 0 Å². The Morgan fingerprint density at radius 2 is 2.31 bits per heavy atom. The molecule has 1 rings (SSSR count). The van der Waals surface area contributed by atoms with E-state index in [4.69, 9.17) is 0 Å². The molecular formula is C11H17N3O2. The van der Waals surface area contributed by atoms with Gasteiger partial charge in [0.25, 0.3) is 0 Å². The van der Waals surface area contributed by atoms with Crippen LogP contribution in [0.25, 0.3) is 0 Å². The van der Waals surface area contributed by atoms with E-state index >= 15 is 0 Å². The van der Waals surface area contributed by atoms with Gasteiger partial charge in [0.05, 0.1) is 0 Å². The van der Waals surface area contributed by atoms with Crippen LogP contribution in [-0.2, 0) is 4.79 Å². The summed E-state index contributed by atoms with van der Waals surface area (Å²) in [5, 5.41) is 12.1. The maximum atomic E-state index is 11.2. The van der Waals surface area contributed by atoms with Gasteiger partial charge in [0.1, 0.15) is 5.54 Å². The molecule has 0 spiro atoms. The summed E-state index contributed by atoms with van der Waals surface area (Å²) in [6, 6.07) is 1.77. The minimum absolute atomic E-state index is 0.360. The van der Waals surface area contributed by atoms with Gasteiger partial charge in [0.2, 0.25) is 5.95 Å². The molecule has 1 heterocycles. The van der Waals surface area contributed by atoms with Crippen LogP contribution in [0, 0.1) is 6.92 Å². The molecule has 88 valence electrons. The van der Waals surface area contributed by atoms with E-state index in [1.807, 2.05) is 13.8 Å². The van der Waals surface area contributed by atoms with E-state index in [1.54, 1.807) is 19.2 Å². The number of aryl methyl sites for hydroxylation is 1. The van der Waals surface area contributed by atoms with Gasteiger partial charge in [0, 0.05) is 11.9 Å². The molecule has 5 nitrogen and oxygen atoms in total. The van der Waals surface area contributed by atoms with Crippen molar-refractivity contribution >= 4 is 11.9 Å². The summed E-state index contributed by atoms with van der Waals surface area (Å²) in [7, 11) is 0. The quantitative estimate of drug-likeness (QED) is 0.796. The highest BCUT2D eigenvalue weighted by molar-refractivity contribution is 5.81. The third kappa shape index (κ3) is 2.92. The van der Waals surface area contributed by atoms with E-state index in [9.17, 15) is 9.90 Å². The Bertz CT molecular complexity index is 381. The first kappa shape index (κ1) is 12.4. The van der Waals surface area contributed by atoms with Crippen molar-refractivity contribution < 1.29 is 9.90 Å². The first-order chi connectivity index (χ1) is 7.48. The number of anilines is 1. The summed E-state index contributed by atoms with van der Waals surface area (Å²) in [6.07, 6.45) is 2.92. The largest absolute Gasteiger partial charge is 0.480 e. The van der Waals surface area contributed by atoms with Crippen molar-refractivity contribution in [2.24, 2.45) is 0 Å². The molecular weight excluding hydrogens is 206 g/mol. The Kier molecular flexibility index (Phi) is 3.82. The number of rotatable bonds is 5. The zero-order chi connectivity index (χ0) is 12.2. The van der Waals surface area contributed by atoms with Gasteiger partial charge < -0.3 is 10.4 Å². The number of aliphatic carboxylic acids is 1. The third-order valence-corrected chi connectivity index (χ3v) is 2.40. The number of nitrogens with one attached hydrogen (secondary N) is 1. The Labute approximate surface area is 94.9 Å². The molecule has 0 fully saturated rings. The van der Waals surface area contributed by atoms with Gasteiger partial charge in [-0.05, 0) is 26.3 Å². The highest BCUT2D eigenvalue weighted by atomic mass is 16.4. The summed E-state index contributed by atoms with van der Waals surface area (Å²) >= 11 is 0. The molecule has 0 amide bonds. The van der Waals surface area contributed by atoms with Crippen LogP contribution in [0.15, 0.2) is 12.3 Å². The SMILES string of the molecule is CCCC(C)(Nc1nccc(C)n1)C(=O)O. The number of hydrogen-bond donors (Lipinski definition) is 2. The molecule has 0 radical (unpaired) electrons. The second-order valence-electron chi connectivity index (χ2n) is 4.03. The lowest BCUT2D eigenvalue weighted by Crippen LogP contribution is -2.43. The maximum absolute atomic E-state index is 11.2. The average Bonchev–Trinajstić information content (AvgIpc) is 2.17. The van der Waals surface area contributed by atoms with E-state index in [0.717, 1.165) is 12.1 Å². The highest BCUT2D eigenvalue weighted by Crippen LogP contribution is 2.17. The van der Waals surface area contributed by atoms with Crippen LogP contribution in [0.2, 0.25) is 0 Å². The number of carboxylic acids is 1. The second-order valence-corrected chi connectivity index (χ2v) is 4.03. The Balaban J connectivity index is 2.87. The molecule has 5 heteroatoms. The number of carbonyl (C=O) groups is 1. The van der Waals surface area contributed by atoms with E-state index in [0.29, 0.717) is 12.4 Å². The zero-order valence-electron chi connectivity index (χ0n) is 9.82. The third-order valence-electron chi connectivity index (χ3n) is 2.40. The first-order valence-electron chi connectivity index (χ1n) is 5.29. The van der Waals surface area contributed by atoms with Crippen molar-refractivity contribution in [2.75, 3.05) is 5.32 Å². The number of hydrogen-bond acceptors (Lipinski definition) is 4. The fourth-order valence-electron chi connectivity index (χ4n) is 1.48.